The highest BCUT2D eigenvalue weighted by Gasteiger charge is 2.16. The number of benzene rings is 1. The van der Waals surface area contributed by atoms with Crippen LogP contribution in [0.3, 0.4) is 0 Å². The van der Waals surface area contributed by atoms with Gasteiger partial charge in [0, 0.05) is 20.3 Å². The molecule has 20 heavy (non-hydrogen) atoms. The number of thiophene rings is 1. The van der Waals surface area contributed by atoms with Crippen LogP contribution in [0.1, 0.15) is 28.3 Å². The zero-order chi connectivity index (χ0) is 14.5. The van der Waals surface area contributed by atoms with Crippen molar-refractivity contribution in [3.63, 3.8) is 0 Å². The maximum absolute atomic E-state index is 5.46. The van der Waals surface area contributed by atoms with Gasteiger partial charge < -0.3 is 10.1 Å². The van der Waals surface area contributed by atoms with Crippen LogP contribution in [-0.2, 0) is 6.42 Å². The third-order valence-corrected chi connectivity index (χ3v) is 5.54. The summed E-state index contributed by atoms with van der Waals surface area (Å²) in [5.74, 6) is 0.961. The summed E-state index contributed by atoms with van der Waals surface area (Å²) >= 11 is 5.45. The predicted molar refractivity (Wildman–Crippen MR) is 89.9 cm³/mol. The van der Waals surface area contributed by atoms with Crippen LogP contribution in [0, 0.1) is 6.92 Å². The normalized spacial score (nSPS) is 12.4. The molecule has 2 aromatic rings. The van der Waals surface area contributed by atoms with E-state index in [2.05, 4.69) is 53.3 Å². The average molecular weight is 354 g/mol. The molecule has 0 aliphatic rings. The number of likely N-dealkylation sites (N-methyl/N-ethyl adjacent to an activating group) is 1. The first-order chi connectivity index (χ1) is 9.65. The molecule has 0 saturated carbocycles. The van der Waals surface area contributed by atoms with Gasteiger partial charge in [-0.3, -0.25) is 0 Å². The van der Waals surface area contributed by atoms with E-state index in [4.69, 9.17) is 4.74 Å². The zero-order valence-electron chi connectivity index (χ0n) is 12.1. The van der Waals surface area contributed by atoms with Gasteiger partial charge in [0.1, 0.15) is 5.75 Å². The number of rotatable bonds is 6. The Labute approximate surface area is 133 Å². The lowest BCUT2D eigenvalue weighted by Crippen LogP contribution is -2.22. The fourth-order valence-corrected chi connectivity index (χ4v) is 3.90. The van der Waals surface area contributed by atoms with Crippen molar-refractivity contribution in [2.24, 2.45) is 0 Å². The van der Waals surface area contributed by atoms with Crippen molar-refractivity contribution in [1.82, 2.24) is 5.32 Å². The molecule has 1 N–H and O–H groups in total. The molecule has 1 aromatic carbocycles. The second-order valence-electron chi connectivity index (χ2n) is 4.68. The van der Waals surface area contributed by atoms with Gasteiger partial charge >= 0.3 is 0 Å². The Kier molecular flexibility index (Phi) is 5.64. The standard InChI is InChI=1S/C16H20BrNOS/c1-4-18-14(16-10-13(17)11(2)20-16)9-12-7-5-6-8-15(12)19-3/h5-8,10,14,18H,4,9H2,1-3H3. The first-order valence-electron chi connectivity index (χ1n) is 6.76. The summed E-state index contributed by atoms with van der Waals surface area (Å²) in [6.45, 7) is 5.24. The molecule has 1 unspecified atom stereocenters. The van der Waals surface area contributed by atoms with Gasteiger partial charge in [-0.2, -0.15) is 0 Å². The molecular weight excluding hydrogens is 334 g/mol. The van der Waals surface area contributed by atoms with Gasteiger partial charge in [0.15, 0.2) is 0 Å². The number of ether oxygens (including phenoxy) is 1. The highest BCUT2D eigenvalue weighted by molar-refractivity contribution is 9.10. The van der Waals surface area contributed by atoms with Gasteiger partial charge in [-0.15, -0.1) is 11.3 Å². The van der Waals surface area contributed by atoms with Crippen LogP contribution in [0.4, 0.5) is 0 Å². The molecule has 0 radical (unpaired) electrons. The third kappa shape index (κ3) is 3.62. The largest absolute Gasteiger partial charge is 0.496 e. The fraction of sp³-hybridized carbons (Fsp3) is 0.375. The van der Waals surface area contributed by atoms with E-state index in [1.54, 1.807) is 7.11 Å². The van der Waals surface area contributed by atoms with E-state index in [9.17, 15) is 0 Å². The minimum absolute atomic E-state index is 0.325. The third-order valence-electron chi connectivity index (χ3n) is 3.29. The van der Waals surface area contributed by atoms with E-state index >= 15 is 0 Å². The number of para-hydroxylation sites is 1. The first kappa shape index (κ1) is 15.5. The number of halogens is 1. The highest BCUT2D eigenvalue weighted by atomic mass is 79.9. The Morgan fingerprint density at radius 1 is 1.35 bits per heavy atom. The number of hydrogen-bond donors (Lipinski definition) is 1. The lowest BCUT2D eigenvalue weighted by atomic mass is 10.0. The number of aryl methyl sites for hydroxylation is 1. The summed E-state index contributed by atoms with van der Waals surface area (Å²) in [5, 5.41) is 3.57. The Balaban J connectivity index is 2.25. The molecule has 108 valence electrons. The second kappa shape index (κ2) is 7.25. The summed E-state index contributed by atoms with van der Waals surface area (Å²) in [7, 11) is 1.73. The average Bonchev–Trinajstić information content (AvgIpc) is 2.79. The van der Waals surface area contributed by atoms with E-state index in [0.717, 1.165) is 18.7 Å². The number of methoxy groups -OCH3 is 1. The Bertz CT molecular complexity index is 548. The van der Waals surface area contributed by atoms with Crippen molar-refractivity contribution in [3.05, 3.63) is 50.1 Å². The summed E-state index contributed by atoms with van der Waals surface area (Å²) < 4.78 is 6.65. The minimum Gasteiger partial charge on any atom is -0.496 e. The van der Waals surface area contributed by atoms with E-state index in [-0.39, 0.29) is 0 Å². The summed E-state index contributed by atoms with van der Waals surface area (Å²) in [6.07, 6.45) is 0.935. The first-order valence-corrected chi connectivity index (χ1v) is 8.37. The maximum Gasteiger partial charge on any atom is 0.122 e. The van der Waals surface area contributed by atoms with E-state index in [1.165, 1.54) is 19.8 Å². The zero-order valence-corrected chi connectivity index (χ0v) is 14.5. The van der Waals surface area contributed by atoms with Crippen molar-refractivity contribution < 1.29 is 4.74 Å². The van der Waals surface area contributed by atoms with Crippen LogP contribution in [0.15, 0.2) is 34.8 Å². The molecule has 1 atom stereocenters. The molecule has 0 bridgehead atoms. The Morgan fingerprint density at radius 3 is 2.70 bits per heavy atom. The Morgan fingerprint density at radius 2 is 2.10 bits per heavy atom. The van der Waals surface area contributed by atoms with Gasteiger partial charge in [-0.25, -0.2) is 0 Å². The van der Waals surface area contributed by atoms with Crippen LogP contribution in [0.25, 0.3) is 0 Å². The Hall–Kier alpha value is -0.840. The van der Waals surface area contributed by atoms with Gasteiger partial charge in [0.25, 0.3) is 0 Å². The van der Waals surface area contributed by atoms with Crippen molar-refractivity contribution in [2.45, 2.75) is 26.3 Å². The molecule has 4 heteroatoms. The van der Waals surface area contributed by atoms with Crippen molar-refractivity contribution in [1.29, 1.82) is 0 Å². The molecule has 0 saturated heterocycles. The molecule has 0 spiro atoms. The molecule has 0 aliphatic carbocycles. The summed E-state index contributed by atoms with van der Waals surface area (Å²) in [5.41, 5.74) is 1.24. The smallest absolute Gasteiger partial charge is 0.122 e. The number of hydrogen-bond acceptors (Lipinski definition) is 3. The predicted octanol–water partition coefficient (Wildman–Crippen LogP) is 4.72. The van der Waals surface area contributed by atoms with Crippen LogP contribution in [0.2, 0.25) is 0 Å². The fourth-order valence-electron chi connectivity index (χ4n) is 2.26. The van der Waals surface area contributed by atoms with Crippen LogP contribution in [-0.4, -0.2) is 13.7 Å². The topological polar surface area (TPSA) is 21.3 Å². The number of nitrogens with one attached hydrogen (secondary N) is 1. The van der Waals surface area contributed by atoms with Crippen molar-refractivity contribution in [2.75, 3.05) is 13.7 Å². The molecule has 0 aliphatic heterocycles. The van der Waals surface area contributed by atoms with Crippen LogP contribution < -0.4 is 10.1 Å². The molecule has 0 fully saturated rings. The monoisotopic (exact) mass is 353 g/mol. The molecule has 2 rings (SSSR count). The van der Waals surface area contributed by atoms with E-state index in [1.807, 2.05) is 23.5 Å². The molecule has 1 heterocycles. The maximum atomic E-state index is 5.46. The van der Waals surface area contributed by atoms with Gasteiger partial charge in [0.2, 0.25) is 0 Å². The van der Waals surface area contributed by atoms with Gasteiger partial charge in [-0.05, 0) is 53.5 Å². The lowest BCUT2D eigenvalue weighted by molar-refractivity contribution is 0.406. The molecule has 2 nitrogen and oxygen atoms in total. The van der Waals surface area contributed by atoms with E-state index in [0.29, 0.717) is 6.04 Å². The molecule has 1 aromatic heterocycles. The van der Waals surface area contributed by atoms with Crippen molar-refractivity contribution in [3.8, 4) is 5.75 Å². The van der Waals surface area contributed by atoms with Gasteiger partial charge in [0.05, 0.1) is 7.11 Å². The van der Waals surface area contributed by atoms with Crippen LogP contribution in [0.5, 0.6) is 5.75 Å². The quantitative estimate of drug-likeness (QED) is 0.810. The highest BCUT2D eigenvalue weighted by Crippen LogP contribution is 2.33. The van der Waals surface area contributed by atoms with E-state index < -0.39 is 0 Å². The minimum atomic E-state index is 0.325. The summed E-state index contributed by atoms with van der Waals surface area (Å²) in [4.78, 5) is 2.69. The SMILES string of the molecule is CCNC(Cc1ccccc1OC)c1cc(Br)c(C)s1. The van der Waals surface area contributed by atoms with Gasteiger partial charge in [-0.1, -0.05) is 25.1 Å². The molecule has 0 amide bonds. The van der Waals surface area contributed by atoms with Crippen LogP contribution >= 0.6 is 27.3 Å². The lowest BCUT2D eigenvalue weighted by Gasteiger charge is -2.18. The molecular formula is C16H20BrNOS. The van der Waals surface area contributed by atoms with Crippen molar-refractivity contribution >= 4 is 27.3 Å². The summed E-state index contributed by atoms with van der Waals surface area (Å²) in [6, 6.07) is 10.8. The second-order valence-corrected chi connectivity index (χ2v) is 6.82.